The number of aromatic nitrogens is 4. The highest BCUT2D eigenvalue weighted by atomic mass is 19.2. The third-order valence-electron chi connectivity index (χ3n) is 5.15. The van der Waals surface area contributed by atoms with Crippen LogP contribution in [-0.4, -0.2) is 62.7 Å². The van der Waals surface area contributed by atoms with E-state index in [2.05, 4.69) is 25.5 Å². The molecule has 0 radical (unpaired) electrons. The number of H-pyrrole nitrogens is 1. The molecule has 1 aliphatic heterocycles. The van der Waals surface area contributed by atoms with Gasteiger partial charge in [-0.15, -0.1) is 0 Å². The summed E-state index contributed by atoms with van der Waals surface area (Å²) in [5.41, 5.74) is 1.12. The molecule has 2 aromatic heterocycles. The maximum Gasteiger partial charge on any atom is 0.410 e. The highest BCUT2D eigenvalue weighted by Crippen LogP contribution is 2.36. The van der Waals surface area contributed by atoms with Crippen LogP contribution >= 0.6 is 0 Å². The van der Waals surface area contributed by atoms with Crippen molar-refractivity contribution in [1.29, 1.82) is 5.26 Å². The lowest BCUT2D eigenvalue weighted by Gasteiger charge is -2.18. The van der Waals surface area contributed by atoms with Crippen molar-refractivity contribution in [2.75, 3.05) is 18.4 Å². The molecule has 2 aromatic rings. The number of hydrogen-bond acceptors (Lipinski definition) is 7. The number of carbonyl (C=O) groups is 1. The Morgan fingerprint density at radius 1 is 1.24 bits per heavy atom. The number of carbonyl (C=O) groups excluding carboxylic acids is 1. The third kappa shape index (κ3) is 4.26. The van der Waals surface area contributed by atoms with Gasteiger partial charge in [0.2, 0.25) is 0 Å². The molecule has 4 rings (SSSR count). The lowest BCUT2D eigenvalue weighted by atomic mass is 10.0. The topological polar surface area (TPSA) is 120 Å². The second-order valence-electron chi connectivity index (χ2n) is 7.18. The molecule has 1 aliphatic carbocycles. The molecular weight excluding hydrogens is 384 g/mol. The number of nitriles is 1. The van der Waals surface area contributed by atoms with Gasteiger partial charge in [0.05, 0.1) is 25.5 Å². The molecule has 4 atom stereocenters. The SMILES string of the molecule is N#Cc1cnc(Nc2cc([C@H]3CC[C@@H](OC(=O)N4C[C@H](F)[C@@H](F)C4)C3)[nH]n2)cn1. The van der Waals surface area contributed by atoms with Crippen molar-refractivity contribution < 1.29 is 18.3 Å². The molecule has 152 valence electrons. The molecule has 2 N–H and O–H groups in total. The van der Waals surface area contributed by atoms with E-state index < -0.39 is 18.4 Å². The minimum Gasteiger partial charge on any atom is -0.446 e. The summed E-state index contributed by atoms with van der Waals surface area (Å²) < 4.78 is 31.9. The number of nitrogens with one attached hydrogen (secondary N) is 2. The first-order valence-electron chi connectivity index (χ1n) is 9.30. The van der Waals surface area contributed by atoms with Crippen LogP contribution in [0.15, 0.2) is 18.5 Å². The van der Waals surface area contributed by atoms with Gasteiger partial charge in [0.15, 0.2) is 23.9 Å². The number of anilines is 2. The molecule has 3 heterocycles. The van der Waals surface area contributed by atoms with Crippen LogP contribution < -0.4 is 5.32 Å². The van der Waals surface area contributed by atoms with Crippen LogP contribution in [0.25, 0.3) is 0 Å². The fourth-order valence-electron chi connectivity index (χ4n) is 3.61. The normalized spacial score (nSPS) is 26.3. The van der Waals surface area contributed by atoms with Crippen molar-refractivity contribution in [3.8, 4) is 6.07 Å². The van der Waals surface area contributed by atoms with Crippen LogP contribution in [0.3, 0.4) is 0 Å². The Labute approximate surface area is 165 Å². The first kappa shape index (κ1) is 19.0. The van der Waals surface area contributed by atoms with Gasteiger partial charge in [-0.2, -0.15) is 10.4 Å². The summed E-state index contributed by atoms with van der Waals surface area (Å²) in [6.07, 6.45) is 0.641. The number of hydrogen-bond donors (Lipinski definition) is 2. The predicted molar refractivity (Wildman–Crippen MR) is 96.8 cm³/mol. The molecular formula is C18H19F2N7O2. The molecule has 1 saturated carbocycles. The van der Waals surface area contributed by atoms with E-state index >= 15 is 0 Å². The minimum atomic E-state index is -1.64. The lowest BCUT2D eigenvalue weighted by molar-refractivity contribution is 0.0686. The van der Waals surface area contributed by atoms with Gasteiger partial charge in [0.25, 0.3) is 0 Å². The zero-order chi connectivity index (χ0) is 20.4. The molecule has 2 aliphatic rings. The summed E-state index contributed by atoms with van der Waals surface area (Å²) in [5, 5.41) is 18.9. The fourth-order valence-corrected chi connectivity index (χ4v) is 3.61. The van der Waals surface area contributed by atoms with Gasteiger partial charge < -0.3 is 15.0 Å². The lowest BCUT2D eigenvalue weighted by Crippen LogP contribution is -2.32. The number of likely N-dealkylation sites (tertiary alicyclic amines) is 1. The average molecular weight is 403 g/mol. The van der Waals surface area contributed by atoms with E-state index in [1.165, 1.54) is 12.4 Å². The van der Waals surface area contributed by atoms with Crippen LogP contribution in [-0.2, 0) is 4.74 Å². The standard InChI is InChI=1S/C18H19F2N7O2/c19-13-8-27(9-14(13)20)18(28)29-12-2-1-10(3-12)15-4-16(26-25-15)24-17-7-22-11(5-21)6-23-17/h4,6-7,10,12-14H,1-3,8-9H2,(H2,23,24,25,26)/t10-,12+,13-,14-/m0/s1. The first-order valence-corrected chi connectivity index (χ1v) is 9.30. The molecule has 1 saturated heterocycles. The van der Waals surface area contributed by atoms with Crippen molar-refractivity contribution in [1.82, 2.24) is 25.1 Å². The van der Waals surface area contributed by atoms with E-state index in [1.807, 2.05) is 12.1 Å². The number of rotatable bonds is 4. The van der Waals surface area contributed by atoms with Crippen molar-refractivity contribution in [3.63, 3.8) is 0 Å². The van der Waals surface area contributed by atoms with Gasteiger partial charge in [-0.1, -0.05) is 0 Å². The Bertz CT molecular complexity index is 904. The van der Waals surface area contributed by atoms with Crippen molar-refractivity contribution in [2.45, 2.75) is 43.6 Å². The van der Waals surface area contributed by atoms with E-state index in [0.29, 0.717) is 24.5 Å². The number of aromatic amines is 1. The molecule has 2 fully saturated rings. The van der Waals surface area contributed by atoms with E-state index in [-0.39, 0.29) is 30.8 Å². The molecule has 1 amide bonds. The van der Waals surface area contributed by atoms with E-state index in [4.69, 9.17) is 10.00 Å². The van der Waals surface area contributed by atoms with Crippen molar-refractivity contribution >= 4 is 17.7 Å². The monoisotopic (exact) mass is 403 g/mol. The average Bonchev–Trinajstić information content (AvgIpc) is 3.44. The minimum absolute atomic E-state index is 0.129. The van der Waals surface area contributed by atoms with Crippen molar-refractivity contribution in [2.24, 2.45) is 0 Å². The molecule has 0 aromatic carbocycles. The zero-order valence-electron chi connectivity index (χ0n) is 15.4. The van der Waals surface area contributed by atoms with Gasteiger partial charge in [-0.05, 0) is 19.3 Å². The zero-order valence-corrected chi connectivity index (χ0v) is 15.4. The second kappa shape index (κ2) is 7.98. The first-order chi connectivity index (χ1) is 14.0. The Morgan fingerprint density at radius 3 is 2.72 bits per heavy atom. The number of ether oxygens (including phenoxy) is 1. The van der Waals surface area contributed by atoms with Gasteiger partial charge in [0, 0.05) is 17.7 Å². The van der Waals surface area contributed by atoms with E-state index in [9.17, 15) is 13.6 Å². The van der Waals surface area contributed by atoms with Crippen LogP contribution in [0.4, 0.5) is 25.2 Å². The smallest absolute Gasteiger partial charge is 0.410 e. The maximum atomic E-state index is 13.3. The summed E-state index contributed by atoms with van der Waals surface area (Å²) in [6.45, 7) is -0.520. The van der Waals surface area contributed by atoms with Crippen LogP contribution in [0.2, 0.25) is 0 Å². The molecule has 0 bridgehead atoms. The summed E-state index contributed by atoms with van der Waals surface area (Å²) >= 11 is 0. The van der Waals surface area contributed by atoms with Crippen LogP contribution in [0.5, 0.6) is 0 Å². The van der Waals surface area contributed by atoms with Crippen LogP contribution in [0.1, 0.15) is 36.6 Å². The van der Waals surface area contributed by atoms with Gasteiger partial charge >= 0.3 is 6.09 Å². The molecule has 0 unspecified atom stereocenters. The number of amides is 1. The number of nitrogens with zero attached hydrogens (tertiary/aromatic N) is 5. The second-order valence-corrected chi connectivity index (χ2v) is 7.18. The summed E-state index contributed by atoms with van der Waals surface area (Å²) in [7, 11) is 0. The number of alkyl halides is 2. The Kier molecular flexibility index (Phi) is 5.24. The van der Waals surface area contributed by atoms with Gasteiger partial charge in [0.1, 0.15) is 18.0 Å². The van der Waals surface area contributed by atoms with Gasteiger partial charge in [-0.25, -0.2) is 23.5 Å². The summed E-state index contributed by atoms with van der Waals surface area (Å²) in [5.74, 6) is 1.15. The fraction of sp³-hybridized carbons (Fsp3) is 0.500. The highest BCUT2D eigenvalue weighted by Gasteiger charge is 2.38. The van der Waals surface area contributed by atoms with Crippen molar-refractivity contribution in [3.05, 3.63) is 29.8 Å². The Hall–Kier alpha value is -3.29. The molecule has 0 spiro atoms. The quantitative estimate of drug-likeness (QED) is 0.805. The van der Waals surface area contributed by atoms with Crippen LogP contribution in [0, 0.1) is 11.3 Å². The van der Waals surface area contributed by atoms with E-state index in [1.54, 1.807) is 0 Å². The molecule has 11 heteroatoms. The third-order valence-corrected chi connectivity index (χ3v) is 5.15. The Balaban J connectivity index is 1.30. The van der Waals surface area contributed by atoms with E-state index in [0.717, 1.165) is 17.0 Å². The van der Waals surface area contributed by atoms with Gasteiger partial charge in [-0.3, -0.25) is 5.10 Å². The highest BCUT2D eigenvalue weighted by molar-refractivity contribution is 5.68. The molecule has 9 nitrogen and oxygen atoms in total. The number of halogens is 2. The summed E-state index contributed by atoms with van der Waals surface area (Å²) in [6, 6.07) is 3.74. The molecule has 29 heavy (non-hydrogen) atoms. The summed E-state index contributed by atoms with van der Waals surface area (Å²) in [4.78, 5) is 21.2. The Morgan fingerprint density at radius 2 is 2.03 bits per heavy atom. The maximum absolute atomic E-state index is 13.3. The predicted octanol–water partition coefficient (Wildman–Crippen LogP) is 2.58. The largest absolute Gasteiger partial charge is 0.446 e.